The summed E-state index contributed by atoms with van der Waals surface area (Å²) in [7, 11) is 0. The number of hydrogen-bond donors (Lipinski definition) is 4. The molecule has 0 saturated heterocycles. The van der Waals surface area contributed by atoms with E-state index in [0.717, 1.165) is 117 Å². The van der Waals surface area contributed by atoms with Crippen LogP contribution in [0.1, 0.15) is 160 Å². The highest BCUT2D eigenvalue weighted by molar-refractivity contribution is 14.1. The maximum Gasteiger partial charge on any atom is 0.344 e. The van der Waals surface area contributed by atoms with Crippen LogP contribution in [0.15, 0.2) is 84.9 Å². The lowest BCUT2D eigenvalue weighted by molar-refractivity contribution is -0.179. The number of carbonyl (C=O) groups excluding carboxylic acids is 3. The van der Waals surface area contributed by atoms with Gasteiger partial charge in [0.1, 0.15) is 40.1 Å². The Morgan fingerprint density at radius 1 is 0.494 bits per heavy atom. The molecule has 0 aliphatic heterocycles. The standard InChI is InChI=1S/C72H79IO12/c1-37-16-60(74)41(5)13-52(37)69(53-14-42(6)61(75)17-38(53)2)56-25-44(9-11-64(56)81-33-66(78)83-35-68(80)85-71(8)51-24-46-21-48(28-51)58(71)27-46)20-45-10-12-65(82-34-67(79)84-36-72-30-47-22-49(31-72)50(23-47)32-72)57(26-45)70(54-15-43(7)62(76)18-39(54)3)55-29-59(73)63(77)19-40(55)4/h9-19,25-26,29,46-51,58,69-70,74-77H,20-24,27-28,30-36H2,1-8H3. The van der Waals surface area contributed by atoms with Gasteiger partial charge in [-0.25, -0.2) is 14.4 Å². The minimum absolute atomic E-state index is 0.0648. The molecule has 0 heterocycles. The first kappa shape index (κ1) is 58.6. The molecule has 4 N–H and O–H groups in total. The molecule has 8 atom stereocenters. The Bertz CT molecular complexity index is 3520. The molecule has 446 valence electrons. The summed E-state index contributed by atoms with van der Waals surface area (Å²) >= 11 is 2.15. The number of benzene rings is 6. The van der Waals surface area contributed by atoms with Gasteiger partial charge in [-0.15, -0.1) is 0 Å². The van der Waals surface area contributed by atoms with Crippen LogP contribution in [0, 0.1) is 98.9 Å². The van der Waals surface area contributed by atoms with E-state index in [9.17, 15) is 34.8 Å². The van der Waals surface area contributed by atoms with Crippen molar-refractivity contribution in [3.05, 3.63) is 172 Å². The number of halogens is 1. The molecular formula is C72H79IO12. The molecule has 0 aromatic heterocycles. The van der Waals surface area contributed by atoms with Gasteiger partial charge in [-0.3, -0.25) is 0 Å². The van der Waals surface area contributed by atoms with Crippen LogP contribution in [0.4, 0.5) is 0 Å². The highest BCUT2D eigenvalue weighted by Crippen LogP contribution is 2.65. The molecule has 0 radical (unpaired) electrons. The first-order valence-electron chi connectivity index (χ1n) is 30.5. The number of carbonyl (C=O) groups is 3. The summed E-state index contributed by atoms with van der Waals surface area (Å²) in [5.41, 5.74) is 11.7. The van der Waals surface area contributed by atoms with Crippen molar-refractivity contribution in [1.82, 2.24) is 0 Å². The maximum absolute atomic E-state index is 13.8. The zero-order chi connectivity index (χ0) is 60.0. The molecule has 8 fully saturated rings. The van der Waals surface area contributed by atoms with Crippen LogP contribution in [0.2, 0.25) is 0 Å². The van der Waals surface area contributed by atoms with E-state index >= 15 is 0 Å². The fraction of sp³-hybridized carbons (Fsp3) is 0.458. The van der Waals surface area contributed by atoms with Gasteiger partial charge in [0, 0.05) is 34.3 Å². The van der Waals surface area contributed by atoms with Crippen molar-refractivity contribution in [1.29, 1.82) is 0 Å². The van der Waals surface area contributed by atoms with Gasteiger partial charge in [-0.05, 0) is 292 Å². The Balaban J connectivity index is 0.898. The van der Waals surface area contributed by atoms with Gasteiger partial charge in [0.25, 0.3) is 0 Å². The SMILES string of the molecule is Cc1cc(C(c2cc(C)c(O)cc2C)c2cc(Cc3ccc(OCC(=O)OCC45CC6CC(C4)C(C6)C5)c(C(c4cc(C)c(O)cc4C)c4cc(I)c(O)cc4C)c3)ccc2OCC(=O)OCC(=O)OC2(C)C3CC4CC(C3)C2C4)c(C)cc1O. The maximum atomic E-state index is 13.8. The second kappa shape index (κ2) is 22.8. The van der Waals surface area contributed by atoms with E-state index in [4.69, 9.17) is 23.7 Å². The summed E-state index contributed by atoms with van der Waals surface area (Å²) in [4.78, 5) is 40.9. The zero-order valence-electron chi connectivity index (χ0n) is 50.1. The van der Waals surface area contributed by atoms with Gasteiger partial charge in [0.2, 0.25) is 0 Å². The smallest absolute Gasteiger partial charge is 0.344 e. The molecule has 85 heavy (non-hydrogen) atoms. The molecule has 8 unspecified atom stereocenters. The largest absolute Gasteiger partial charge is 0.508 e. The average Bonchev–Trinajstić information content (AvgIpc) is 3.32. The molecule has 6 aromatic rings. The van der Waals surface area contributed by atoms with Crippen molar-refractivity contribution < 1.29 is 58.5 Å². The second-order valence-corrected chi connectivity index (χ2v) is 28.0. The predicted octanol–water partition coefficient (Wildman–Crippen LogP) is 14.3. The molecular weight excluding hydrogens is 1180 g/mol. The Morgan fingerprint density at radius 2 is 0.965 bits per heavy atom. The summed E-state index contributed by atoms with van der Waals surface area (Å²) in [6.07, 6.45) is 10.8. The van der Waals surface area contributed by atoms with E-state index in [0.29, 0.717) is 74.0 Å². The van der Waals surface area contributed by atoms with Crippen LogP contribution in [0.3, 0.4) is 0 Å². The third-order valence-corrected chi connectivity index (χ3v) is 21.9. The predicted molar refractivity (Wildman–Crippen MR) is 332 cm³/mol. The first-order chi connectivity index (χ1) is 40.5. The Hall–Kier alpha value is -6.74. The van der Waals surface area contributed by atoms with Gasteiger partial charge >= 0.3 is 17.9 Å². The molecule has 8 aliphatic rings. The number of rotatable bonds is 19. The van der Waals surface area contributed by atoms with Gasteiger partial charge in [-0.2, -0.15) is 0 Å². The van der Waals surface area contributed by atoms with Crippen molar-refractivity contribution in [2.24, 2.45) is 46.8 Å². The summed E-state index contributed by atoms with van der Waals surface area (Å²) in [6.45, 7) is 14.6. The Kier molecular flexibility index (Phi) is 15.8. The lowest BCUT2D eigenvalue weighted by atomic mass is 9.70. The molecule has 8 bridgehead atoms. The lowest BCUT2D eigenvalue weighted by Gasteiger charge is -2.41. The minimum atomic E-state index is -0.724. The first-order valence-corrected chi connectivity index (χ1v) is 31.5. The van der Waals surface area contributed by atoms with E-state index in [2.05, 4.69) is 41.6 Å². The summed E-state index contributed by atoms with van der Waals surface area (Å²) in [5.74, 6) is 3.03. The van der Waals surface area contributed by atoms with Gasteiger partial charge in [0.05, 0.1) is 10.2 Å². The van der Waals surface area contributed by atoms with Crippen LogP contribution in [0.5, 0.6) is 34.5 Å². The van der Waals surface area contributed by atoms with Crippen LogP contribution in [0.25, 0.3) is 0 Å². The average molecular weight is 1260 g/mol. The van der Waals surface area contributed by atoms with E-state index < -0.39 is 48.6 Å². The topological polar surface area (TPSA) is 178 Å². The van der Waals surface area contributed by atoms with Crippen LogP contribution < -0.4 is 9.47 Å². The Morgan fingerprint density at radius 3 is 1.46 bits per heavy atom. The Labute approximate surface area is 512 Å². The fourth-order valence-corrected chi connectivity index (χ4v) is 17.6. The second-order valence-electron chi connectivity index (χ2n) is 26.8. The molecule has 14 rings (SSSR count). The van der Waals surface area contributed by atoms with Crippen LogP contribution in [-0.2, 0) is 35.0 Å². The van der Waals surface area contributed by atoms with E-state index in [1.807, 2.05) is 97.0 Å². The molecule has 12 nitrogen and oxygen atoms in total. The normalized spacial score (nSPS) is 25.2. The summed E-state index contributed by atoms with van der Waals surface area (Å²) < 4.78 is 31.6. The van der Waals surface area contributed by atoms with E-state index in [-0.39, 0.29) is 35.0 Å². The third kappa shape index (κ3) is 11.4. The van der Waals surface area contributed by atoms with Crippen molar-refractivity contribution in [2.45, 2.75) is 137 Å². The highest BCUT2D eigenvalue weighted by atomic mass is 127. The molecule has 8 aliphatic carbocycles. The summed E-state index contributed by atoms with van der Waals surface area (Å²) in [5, 5.41) is 44.0. The van der Waals surface area contributed by atoms with Gasteiger partial charge in [0.15, 0.2) is 19.8 Å². The third-order valence-electron chi connectivity index (χ3n) is 21.0. The fourth-order valence-electron chi connectivity index (χ4n) is 17.1. The quantitative estimate of drug-likeness (QED) is 0.0261. The van der Waals surface area contributed by atoms with E-state index in [1.165, 1.54) is 19.3 Å². The monoisotopic (exact) mass is 1260 g/mol. The molecule has 0 spiro atoms. The molecule has 6 aromatic carbocycles. The van der Waals surface area contributed by atoms with E-state index in [1.54, 1.807) is 24.3 Å². The number of hydrogen-bond acceptors (Lipinski definition) is 12. The molecule has 8 saturated carbocycles. The van der Waals surface area contributed by atoms with Crippen molar-refractivity contribution in [2.75, 3.05) is 26.4 Å². The van der Waals surface area contributed by atoms with Gasteiger partial charge < -0.3 is 44.1 Å². The number of aromatic hydroxyl groups is 4. The van der Waals surface area contributed by atoms with Crippen molar-refractivity contribution in [3.8, 4) is 34.5 Å². The highest BCUT2D eigenvalue weighted by Gasteiger charge is 2.62. The van der Waals surface area contributed by atoms with Crippen molar-refractivity contribution in [3.63, 3.8) is 0 Å². The molecule has 13 heteroatoms. The van der Waals surface area contributed by atoms with Crippen LogP contribution in [-0.4, -0.2) is 70.4 Å². The van der Waals surface area contributed by atoms with Crippen LogP contribution >= 0.6 is 22.6 Å². The minimum Gasteiger partial charge on any atom is -0.508 e. The number of esters is 3. The lowest BCUT2D eigenvalue weighted by Crippen LogP contribution is -2.45. The summed E-state index contributed by atoms with van der Waals surface area (Å²) in [6, 6.07) is 26.9. The number of phenols is 4. The van der Waals surface area contributed by atoms with Crippen molar-refractivity contribution >= 4 is 40.5 Å². The van der Waals surface area contributed by atoms with Gasteiger partial charge in [-0.1, -0.05) is 42.5 Å². The molecule has 0 amide bonds. The number of aryl methyl sites for hydroxylation is 7. The number of phenolic OH excluding ortho intramolecular Hbond substituents is 4. The number of ether oxygens (including phenoxy) is 5. The zero-order valence-corrected chi connectivity index (χ0v) is 52.3.